The topological polar surface area (TPSA) is 42.3 Å². The van der Waals surface area contributed by atoms with Crippen LogP contribution in [0.15, 0.2) is 65.5 Å². The molecule has 1 aromatic heterocycles. The van der Waals surface area contributed by atoms with Crippen molar-refractivity contribution in [3.63, 3.8) is 0 Å². The highest BCUT2D eigenvalue weighted by molar-refractivity contribution is 5.95. The van der Waals surface area contributed by atoms with E-state index in [1.165, 1.54) is 6.07 Å². The summed E-state index contributed by atoms with van der Waals surface area (Å²) in [7, 11) is 0. The molecular formula is C28H27FN2O2. The van der Waals surface area contributed by atoms with Crippen molar-refractivity contribution in [2.24, 2.45) is 0 Å². The highest BCUT2D eigenvalue weighted by atomic mass is 19.1. The van der Waals surface area contributed by atoms with E-state index in [9.17, 15) is 14.0 Å². The Kier molecular flexibility index (Phi) is 5.49. The second-order valence-corrected chi connectivity index (χ2v) is 9.05. The summed E-state index contributed by atoms with van der Waals surface area (Å²) in [5.41, 5.74) is 4.60. The normalized spacial score (nSPS) is 15.7. The first-order valence-corrected chi connectivity index (χ1v) is 11.6. The fourth-order valence-corrected chi connectivity index (χ4v) is 5.09. The number of amides is 1. The average molecular weight is 443 g/mol. The van der Waals surface area contributed by atoms with Gasteiger partial charge >= 0.3 is 0 Å². The third-order valence-electron chi connectivity index (χ3n) is 6.74. The van der Waals surface area contributed by atoms with Gasteiger partial charge in [-0.3, -0.25) is 9.59 Å². The number of hydrogen-bond donors (Lipinski definition) is 0. The predicted octanol–water partition coefficient (Wildman–Crippen LogP) is 5.75. The first-order valence-electron chi connectivity index (χ1n) is 11.6. The van der Waals surface area contributed by atoms with Crippen molar-refractivity contribution in [2.75, 3.05) is 4.90 Å². The lowest BCUT2D eigenvalue weighted by Crippen LogP contribution is -2.42. The SMILES string of the molecule is Cc1ccc2c(c1)c(=O)c1ccccc1n2CCCC(=O)N1c2ccc(F)cc2CC[C@@H]1C. The van der Waals surface area contributed by atoms with E-state index in [-0.39, 0.29) is 23.2 Å². The minimum Gasteiger partial charge on any atom is -0.340 e. The molecule has 1 atom stereocenters. The summed E-state index contributed by atoms with van der Waals surface area (Å²) in [6.45, 7) is 4.67. The minimum absolute atomic E-state index is 0.0441. The Bertz CT molecular complexity index is 1440. The van der Waals surface area contributed by atoms with Crippen LogP contribution in [0.1, 0.15) is 37.3 Å². The van der Waals surface area contributed by atoms with Crippen LogP contribution in [0.4, 0.5) is 10.1 Å². The number of fused-ring (bicyclic) bond motifs is 3. The Morgan fingerprint density at radius 3 is 2.67 bits per heavy atom. The van der Waals surface area contributed by atoms with Gasteiger partial charge in [0.05, 0.1) is 11.0 Å². The van der Waals surface area contributed by atoms with E-state index in [0.29, 0.717) is 30.2 Å². The number of benzene rings is 3. The van der Waals surface area contributed by atoms with Crippen LogP contribution in [0.5, 0.6) is 0 Å². The van der Waals surface area contributed by atoms with Gasteiger partial charge in [-0.2, -0.15) is 0 Å². The van der Waals surface area contributed by atoms with Crippen LogP contribution in [0.2, 0.25) is 0 Å². The van der Waals surface area contributed by atoms with Gasteiger partial charge in [0.1, 0.15) is 5.82 Å². The van der Waals surface area contributed by atoms with Crippen molar-refractivity contribution in [2.45, 2.75) is 52.1 Å². The number of halogens is 1. The Morgan fingerprint density at radius 1 is 1.03 bits per heavy atom. The van der Waals surface area contributed by atoms with Crippen molar-refractivity contribution >= 4 is 33.4 Å². The summed E-state index contributed by atoms with van der Waals surface area (Å²) in [5.74, 6) is -0.205. The fourth-order valence-electron chi connectivity index (χ4n) is 5.09. The molecule has 1 amide bonds. The zero-order chi connectivity index (χ0) is 23.1. The number of rotatable bonds is 4. The van der Waals surface area contributed by atoms with Crippen molar-refractivity contribution in [1.82, 2.24) is 4.57 Å². The molecule has 168 valence electrons. The third kappa shape index (κ3) is 3.82. The van der Waals surface area contributed by atoms with Crippen molar-refractivity contribution in [3.05, 3.63) is 87.8 Å². The van der Waals surface area contributed by atoms with Gasteiger partial charge in [0.25, 0.3) is 0 Å². The zero-order valence-electron chi connectivity index (χ0n) is 19.0. The zero-order valence-corrected chi connectivity index (χ0v) is 19.0. The van der Waals surface area contributed by atoms with Crippen molar-refractivity contribution in [1.29, 1.82) is 0 Å². The number of carbonyl (C=O) groups excluding carboxylic acids is 1. The Labute approximate surface area is 192 Å². The number of nitrogens with zero attached hydrogens (tertiary/aromatic N) is 2. The number of pyridine rings is 1. The lowest BCUT2D eigenvalue weighted by atomic mass is 9.96. The molecule has 0 unspecified atom stereocenters. The molecule has 3 aromatic carbocycles. The van der Waals surface area contributed by atoms with Gasteiger partial charge in [-0.1, -0.05) is 23.8 Å². The van der Waals surface area contributed by atoms with E-state index in [2.05, 4.69) is 11.5 Å². The smallest absolute Gasteiger partial charge is 0.227 e. The van der Waals surface area contributed by atoms with E-state index in [1.807, 2.05) is 54.3 Å². The van der Waals surface area contributed by atoms with Crippen LogP contribution in [0.3, 0.4) is 0 Å². The third-order valence-corrected chi connectivity index (χ3v) is 6.74. The summed E-state index contributed by atoms with van der Waals surface area (Å²) in [5, 5.41) is 1.41. The Balaban J connectivity index is 1.44. The van der Waals surface area contributed by atoms with Gasteiger partial charge in [-0.25, -0.2) is 4.39 Å². The Hall–Kier alpha value is -3.47. The van der Waals surface area contributed by atoms with Crippen LogP contribution in [0.25, 0.3) is 21.8 Å². The number of hydrogen-bond acceptors (Lipinski definition) is 2. The van der Waals surface area contributed by atoms with Gasteiger partial charge in [-0.15, -0.1) is 0 Å². The number of para-hydroxylation sites is 1. The number of carbonyl (C=O) groups is 1. The molecule has 0 bridgehead atoms. The molecule has 2 heterocycles. The molecule has 5 rings (SSSR count). The van der Waals surface area contributed by atoms with Crippen molar-refractivity contribution in [3.8, 4) is 0 Å². The second-order valence-electron chi connectivity index (χ2n) is 9.05. The van der Waals surface area contributed by atoms with Gasteiger partial charge < -0.3 is 9.47 Å². The summed E-state index contributed by atoms with van der Waals surface area (Å²) >= 11 is 0. The predicted molar refractivity (Wildman–Crippen MR) is 131 cm³/mol. The van der Waals surface area contributed by atoms with E-state index >= 15 is 0 Å². The van der Waals surface area contributed by atoms with Crippen LogP contribution in [-0.2, 0) is 17.8 Å². The summed E-state index contributed by atoms with van der Waals surface area (Å²) in [6, 6.07) is 18.4. The van der Waals surface area contributed by atoms with Gasteiger partial charge in [0.2, 0.25) is 5.91 Å². The molecule has 0 N–H and O–H groups in total. The maximum atomic E-state index is 13.7. The lowest BCUT2D eigenvalue weighted by Gasteiger charge is -2.35. The molecular weight excluding hydrogens is 415 g/mol. The largest absolute Gasteiger partial charge is 0.340 e. The maximum Gasteiger partial charge on any atom is 0.227 e. The van der Waals surface area contributed by atoms with Gasteiger partial charge in [0.15, 0.2) is 5.43 Å². The molecule has 1 aliphatic rings. The quantitative estimate of drug-likeness (QED) is 0.378. The van der Waals surface area contributed by atoms with E-state index in [1.54, 1.807) is 12.1 Å². The highest BCUT2D eigenvalue weighted by Crippen LogP contribution is 2.32. The molecule has 0 fully saturated rings. The van der Waals surface area contributed by atoms with Gasteiger partial charge in [0, 0.05) is 35.5 Å². The van der Waals surface area contributed by atoms with Crippen molar-refractivity contribution < 1.29 is 9.18 Å². The molecule has 0 saturated carbocycles. The molecule has 5 heteroatoms. The molecule has 4 nitrogen and oxygen atoms in total. The fraction of sp³-hybridized carbons (Fsp3) is 0.286. The molecule has 33 heavy (non-hydrogen) atoms. The molecule has 0 radical (unpaired) electrons. The van der Waals surface area contributed by atoms with Crippen LogP contribution in [-0.4, -0.2) is 16.5 Å². The van der Waals surface area contributed by atoms with E-state index in [4.69, 9.17) is 0 Å². The molecule has 0 saturated heterocycles. The lowest BCUT2D eigenvalue weighted by molar-refractivity contribution is -0.119. The van der Waals surface area contributed by atoms with Crippen LogP contribution < -0.4 is 10.3 Å². The summed E-state index contributed by atoms with van der Waals surface area (Å²) < 4.78 is 15.8. The minimum atomic E-state index is -0.261. The van der Waals surface area contributed by atoms with Gasteiger partial charge in [-0.05, 0) is 81.1 Å². The first-order chi connectivity index (χ1) is 15.9. The van der Waals surface area contributed by atoms with E-state index < -0.39 is 0 Å². The summed E-state index contributed by atoms with van der Waals surface area (Å²) in [6.07, 6.45) is 2.65. The maximum absolute atomic E-state index is 13.7. The average Bonchev–Trinajstić information content (AvgIpc) is 2.81. The summed E-state index contributed by atoms with van der Waals surface area (Å²) in [4.78, 5) is 28.1. The molecule has 0 spiro atoms. The monoisotopic (exact) mass is 442 g/mol. The second kappa shape index (κ2) is 8.47. The van der Waals surface area contributed by atoms with Crippen LogP contribution >= 0.6 is 0 Å². The van der Waals surface area contributed by atoms with E-state index in [0.717, 1.165) is 40.7 Å². The Morgan fingerprint density at radius 2 is 1.82 bits per heavy atom. The number of anilines is 1. The standard InChI is InChI=1S/C28H27FN2O2/c1-18-9-13-26-23(16-18)28(33)22-6-3-4-7-25(22)30(26)15-5-8-27(32)31-19(2)10-11-20-17-21(29)12-14-24(20)31/h3-4,6-7,9,12-14,16-17,19H,5,8,10-11,15H2,1-2H3/t19-/m0/s1. The molecule has 1 aliphatic heterocycles. The van der Waals surface area contributed by atoms with Crippen LogP contribution in [0, 0.1) is 12.7 Å². The first kappa shape index (κ1) is 21.4. The number of aromatic nitrogens is 1. The molecule has 0 aliphatic carbocycles. The number of aryl methyl sites for hydroxylation is 3. The molecule has 4 aromatic rings. The highest BCUT2D eigenvalue weighted by Gasteiger charge is 2.28.